The van der Waals surface area contributed by atoms with Crippen LogP contribution in [0.25, 0.3) is 23.1 Å². The average Bonchev–Trinajstić information content (AvgIpc) is 2.45. The van der Waals surface area contributed by atoms with Gasteiger partial charge in [0.05, 0.1) is 11.7 Å². The van der Waals surface area contributed by atoms with Gasteiger partial charge in [0.2, 0.25) is 0 Å². The Hall–Kier alpha value is -2.62. The number of aromatic nitrogens is 2. The van der Waals surface area contributed by atoms with E-state index >= 15 is 0 Å². The standard InChI is InChI=1S/C16H10F2N2/c17-13-3-1-2-11(8-13)4-5-12-10-19-20-16-7-6-14(18)9-15(12)16/h1-10H/b5-4+. The predicted molar refractivity (Wildman–Crippen MR) is 74.8 cm³/mol. The fourth-order valence-electron chi connectivity index (χ4n) is 1.98. The molecule has 0 aliphatic rings. The number of fused-ring (bicyclic) bond motifs is 1. The highest BCUT2D eigenvalue weighted by Gasteiger charge is 2.02. The number of hydrogen-bond donors (Lipinski definition) is 0. The molecule has 2 nitrogen and oxygen atoms in total. The highest BCUT2D eigenvalue weighted by Crippen LogP contribution is 2.19. The quantitative estimate of drug-likeness (QED) is 0.700. The zero-order chi connectivity index (χ0) is 13.9. The second-order valence-electron chi connectivity index (χ2n) is 4.35. The van der Waals surface area contributed by atoms with Crippen molar-refractivity contribution in [3.8, 4) is 0 Å². The Kier molecular flexibility index (Phi) is 3.21. The van der Waals surface area contributed by atoms with Crippen molar-refractivity contribution in [3.05, 3.63) is 71.4 Å². The van der Waals surface area contributed by atoms with Crippen molar-refractivity contribution >= 4 is 23.1 Å². The summed E-state index contributed by atoms with van der Waals surface area (Å²) < 4.78 is 26.4. The molecule has 0 radical (unpaired) electrons. The summed E-state index contributed by atoms with van der Waals surface area (Å²) >= 11 is 0. The molecule has 0 saturated heterocycles. The van der Waals surface area contributed by atoms with E-state index in [1.807, 2.05) is 0 Å². The van der Waals surface area contributed by atoms with Crippen molar-refractivity contribution < 1.29 is 8.78 Å². The van der Waals surface area contributed by atoms with Crippen molar-refractivity contribution in [1.82, 2.24) is 10.2 Å². The van der Waals surface area contributed by atoms with Gasteiger partial charge in [-0.1, -0.05) is 24.3 Å². The van der Waals surface area contributed by atoms with E-state index in [0.29, 0.717) is 10.9 Å². The van der Waals surface area contributed by atoms with Crippen LogP contribution in [0, 0.1) is 11.6 Å². The van der Waals surface area contributed by atoms with Gasteiger partial charge in [0.15, 0.2) is 0 Å². The van der Waals surface area contributed by atoms with Crippen LogP contribution >= 0.6 is 0 Å². The van der Waals surface area contributed by atoms with Crippen LogP contribution in [0.3, 0.4) is 0 Å². The molecule has 0 aliphatic carbocycles. The minimum Gasteiger partial charge on any atom is -0.207 e. The molecule has 2 aromatic carbocycles. The van der Waals surface area contributed by atoms with Gasteiger partial charge in [-0.2, -0.15) is 10.2 Å². The lowest BCUT2D eigenvalue weighted by Crippen LogP contribution is -1.88. The molecule has 0 aliphatic heterocycles. The molecule has 0 atom stereocenters. The van der Waals surface area contributed by atoms with Gasteiger partial charge in [-0.05, 0) is 35.9 Å². The zero-order valence-electron chi connectivity index (χ0n) is 10.4. The van der Waals surface area contributed by atoms with E-state index < -0.39 is 0 Å². The minimum absolute atomic E-state index is 0.295. The van der Waals surface area contributed by atoms with Crippen LogP contribution in [-0.4, -0.2) is 10.2 Å². The van der Waals surface area contributed by atoms with Crippen LogP contribution in [0.5, 0.6) is 0 Å². The van der Waals surface area contributed by atoms with Gasteiger partial charge in [0.25, 0.3) is 0 Å². The van der Waals surface area contributed by atoms with E-state index in [4.69, 9.17) is 0 Å². The summed E-state index contributed by atoms with van der Waals surface area (Å²) in [6.07, 6.45) is 5.08. The van der Waals surface area contributed by atoms with E-state index in [-0.39, 0.29) is 11.6 Å². The summed E-state index contributed by atoms with van der Waals surface area (Å²) in [6, 6.07) is 10.6. The number of hydrogen-bond acceptors (Lipinski definition) is 2. The van der Waals surface area contributed by atoms with Crippen molar-refractivity contribution in [2.45, 2.75) is 0 Å². The van der Waals surface area contributed by atoms with Gasteiger partial charge < -0.3 is 0 Å². The SMILES string of the molecule is Fc1cccc(/C=C/c2cnnc3ccc(F)cc23)c1. The lowest BCUT2D eigenvalue weighted by molar-refractivity contribution is 0.627. The molecule has 1 aromatic heterocycles. The largest absolute Gasteiger partial charge is 0.207 e. The molecular formula is C16H10F2N2. The topological polar surface area (TPSA) is 25.8 Å². The second-order valence-corrected chi connectivity index (χ2v) is 4.35. The Morgan fingerprint density at radius 1 is 0.900 bits per heavy atom. The Labute approximate surface area is 114 Å². The molecule has 0 saturated carbocycles. The maximum atomic E-state index is 13.3. The average molecular weight is 268 g/mol. The third-order valence-corrected chi connectivity index (χ3v) is 2.94. The lowest BCUT2D eigenvalue weighted by atomic mass is 10.1. The molecule has 98 valence electrons. The maximum Gasteiger partial charge on any atom is 0.123 e. The fourth-order valence-corrected chi connectivity index (χ4v) is 1.98. The first-order valence-electron chi connectivity index (χ1n) is 6.07. The molecule has 3 rings (SSSR count). The number of rotatable bonds is 2. The van der Waals surface area contributed by atoms with Crippen LogP contribution < -0.4 is 0 Å². The zero-order valence-corrected chi connectivity index (χ0v) is 10.4. The van der Waals surface area contributed by atoms with E-state index in [1.165, 1.54) is 24.3 Å². The lowest BCUT2D eigenvalue weighted by Gasteiger charge is -2.00. The Morgan fingerprint density at radius 3 is 2.60 bits per heavy atom. The van der Waals surface area contributed by atoms with Gasteiger partial charge in [-0.3, -0.25) is 0 Å². The van der Waals surface area contributed by atoms with Crippen LogP contribution in [0.4, 0.5) is 8.78 Å². The molecule has 3 aromatic rings. The molecule has 0 bridgehead atoms. The van der Waals surface area contributed by atoms with E-state index in [2.05, 4.69) is 10.2 Å². The first-order chi connectivity index (χ1) is 9.72. The Bertz CT molecular complexity index is 797. The second kappa shape index (κ2) is 5.17. The number of halogens is 2. The molecule has 20 heavy (non-hydrogen) atoms. The molecule has 0 fully saturated rings. The summed E-state index contributed by atoms with van der Waals surface area (Å²) in [7, 11) is 0. The van der Waals surface area contributed by atoms with Crippen LogP contribution in [-0.2, 0) is 0 Å². The number of nitrogens with zero attached hydrogens (tertiary/aromatic N) is 2. The monoisotopic (exact) mass is 268 g/mol. The normalized spacial score (nSPS) is 11.3. The summed E-state index contributed by atoms with van der Waals surface area (Å²) in [5.74, 6) is -0.623. The number of benzene rings is 2. The summed E-state index contributed by atoms with van der Waals surface area (Å²) in [6.45, 7) is 0. The maximum absolute atomic E-state index is 13.3. The molecule has 1 heterocycles. The molecule has 0 spiro atoms. The highest BCUT2D eigenvalue weighted by atomic mass is 19.1. The van der Waals surface area contributed by atoms with Gasteiger partial charge >= 0.3 is 0 Å². The Balaban J connectivity index is 2.04. The van der Waals surface area contributed by atoms with Crippen molar-refractivity contribution in [1.29, 1.82) is 0 Å². The van der Waals surface area contributed by atoms with E-state index in [1.54, 1.807) is 36.5 Å². The van der Waals surface area contributed by atoms with Gasteiger partial charge in [-0.15, -0.1) is 0 Å². The van der Waals surface area contributed by atoms with E-state index in [9.17, 15) is 8.78 Å². The van der Waals surface area contributed by atoms with Gasteiger partial charge in [0.1, 0.15) is 11.6 Å². The van der Waals surface area contributed by atoms with Crippen LogP contribution in [0.15, 0.2) is 48.7 Å². The van der Waals surface area contributed by atoms with Crippen LogP contribution in [0.1, 0.15) is 11.1 Å². The van der Waals surface area contributed by atoms with Crippen molar-refractivity contribution in [2.75, 3.05) is 0 Å². The first kappa shape index (κ1) is 12.4. The smallest absolute Gasteiger partial charge is 0.123 e. The van der Waals surface area contributed by atoms with Crippen LogP contribution in [0.2, 0.25) is 0 Å². The molecule has 0 N–H and O–H groups in total. The summed E-state index contributed by atoms with van der Waals surface area (Å²) in [5.41, 5.74) is 2.08. The molecule has 0 unspecified atom stereocenters. The third kappa shape index (κ3) is 2.54. The van der Waals surface area contributed by atoms with Gasteiger partial charge in [-0.25, -0.2) is 8.78 Å². The van der Waals surface area contributed by atoms with E-state index in [0.717, 1.165) is 11.1 Å². The predicted octanol–water partition coefficient (Wildman–Crippen LogP) is 4.08. The fraction of sp³-hybridized carbons (Fsp3) is 0. The molecule has 0 amide bonds. The molecule has 4 heteroatoms. The van der Waals surface area contributed by atoms with Crippen molar-refractivity contribution in [3.63, 3.8) is 0 Å². The summed E-state index contributed by atoms with van der Waals surface area (Å²) in [4.78, 5) is 0. The Morgan fingerprint density at radius 2 is 1.75 bits per heavy atom. The van der Waals surface area contributed by atoms with Crippen molar-refractivity contribution in [2.24, 2.45) is 0 Å². The van der Waals surface area contributed by atoms with Gasteiger partial charge in [0, 0.05) is 10.9 Å². The highest BCUT2D eigenvalue weighted by molar-refractivity contribution is 5.89. The minimum atomic E-state index is -0.328. The third-order valence-electron chi connectivity index (χ3n) is 2.94. The summed E-state index contributed by atoms with van der Waals surface area (Å²) in [5, 5.41) is 8.49. The first-order valence-corrected chi connectivity index (χ1v) is 6.07. The molecular weight excluding hydrogens is 258 g/mol.